The van der Waals surface area contributed by atoms with Crippen LogP contribution in [0.2, 0.25) is 0 Å². The van der Waals surface area contributed by atoms with E-state index in [0.717, 1.165) is 15.4 Å². The Morgan fingerprint density at radius 2 is 1.58 bits per heavy atom. The van der Waals surface area contributed by atoms with Crippen LogP contribution in [0.5, 0.6) is 17.2 Å². The summed E-state index contributed by atoms with van der Waals surface area (Å²) < 4.78 is 44.4. The summed E-state index contributed by atoms with van der Waals surface area (Å²) in [5, 5.41) is 2.88. The van der Waals surface area contributed by atoms with E-state index in [0.29, 0.717) is 29.5 Å². The second kappa shape index (κ2) is 11.8. The number of nitrogens with one attached hydrogen (secondary N) is 1. The highest BCUT2D eigenvalue weighted by Gasteiger charge is 2.28. The molecule has 0 aliphatic carbocycles. The molecule has 0 aliphatic heterocycles. The largest absolute Gasteiger partial charge is 0.494 e. The van der Waals surface area contributed by atoms with Gasteiger partial charge in [-0.15, -0.1) is 0 Å². The summed E-state index contributed by atoms with van der Waals surface area (Å²) in [4.78, 5) is 13.2. The van der Waals surface area contributed by atoms with Gasteiger partial charge in [0.05, 0.1) is 37.5 Å². The van der Waals surface area contributed by atoms with E-state index in [1.807, 2.05) is 26.8 Å². The van der Waals surface area contributed by atoms with Crippen LogP contribution in [0.25, 0.3) is 0 Å². The maximum atomic E-state index is 13.6. The van der Waals surface area contributed by atoms with Crippen LogP contribution in [-0.4, -0.2) is 41.7 Å². The fourth-order valence-electron chi connectivity index (χ4n) is 3.65. The average Bonchev–Trinajstić information content (AvgIpc) is 2.87. The molecule has 3 aromatic rings. The van der Waals surface area contributed by atoms with E-state index >= 15 is 0 Å². The van der Waals surface area contributed by atoms with Gasteiger partial charge < -0.3 is 19.5 Å². The Bertz CT molecular complexity index is 1270. The zero-order valence-corrected chi connectivity index (χ0v) is 22.0. The first-order valence-corrected chi connectivity index (χ1v) is 13.0. The van der Waals surface area contributed by atoms with Crippen LogP contribution in [0, 0.1) is 6.92 Å². The number of aryl methyl sites for hydroxylation is 1. The van der Waals surface area contributed by atoms with Gasteiger partial charge in [-0.2, -0.15) is 0 Å². The molecule has 0 spiro atoms. The second-order valence-corrected chi connectivity index (χ2v) is 10.0. The maximum Gasteiger partial charge on any atom is 0.264 e. The van der Waals surface area contributed by atoms with Crippen molar-refractivity contribution >= 4 is 21.6 Å². The number of sulfonamides is 1. The third kappa shape index (κ3) is 6.28. The summed E-state index contributed by atoms with van der Waals surface area (Å²) in [6, 6.07) is 18.1. The number of methoxy groups -OCH3 is 2. The first-order valence-electron chi connectivity index (χ1n) is 11.5. The molecule has 0 fully saturated rings. The van der Waals surface area contributed by atoms with Crippen molar-refractivity contribution in [3.8, 4) is 17.2 Å². The van der Waals surface area contributed by atoms with Crippen LogP contribution in [-0.2, 0) is 14.8 Å². The van der Waals surface area contributed by atoms with E-state index in [1.165, 1.54) is 19.2 Å². The number of amides is 1. The predicted octanol–water partition coefficient (Wildman–Crippen LogP) is 4.48. The average molecular weight is 513 g/mol. The van der Waals surface area contributed by atoms with Crippen LogP contribution in [0.15, 0.2) is 71.6 Å². The number of rotatable bonds is 11. The molecule has 1 atom stereocenters. The highest BCUT2D eigenvalue weighted by atomic mass is 32.2. The number of carbonyl (C=O) groups is 1. The molecule has 192 valence electrons. The molecule has 0 saturated heterocycles. The van der Waals surface area contributed by atoms with Crippen molar-refractivity contribution in [2.75, 3.05) is 31.7 Å². The van der Waals surface area contributed by atoms with Crippen LogP contribution < -0.4 is 23.8 Å². The van der Waals surface area contributed by atoms with Crippen LogP contribution in [0.3, 0.4) is 0 Å². The third-order valence-electron chi connectivity index (χ3n) is 5.62. The Hall–Kier alpha value is -3.72. The van der Waals surface area contributed by atoms with E-state index < -0.39 is 28.5 Å². The number of hydrogen-bond acceptors (Lipinski definition) is 6. The van der Waals surface area contributed by atoms with E-state index in [4.69, 9.17) is 14.2 Å². The number of carbonyl (C=O) groups excluding carboxylic acids is 1. The smallest absolute Gasteiger partial charge is 0.264 e. The van der Waals surface area contributed by atoms with E-state index in [-0.39, 0.29) is 4.90 Å². The molecule has 3 aromatic carbocycles. The molecule has 0 radical (unpaired) electrons. The van der Waals surface area contributed by atoms with Crippen molar-refractivity contribution in [2.24, 2.45) is 0 Å². The monoisotopic (exact) mass is 512 g/mol. The first kappa shape index (κ1) is 26.9. The van der Waals surface area contributed by atoms with Gasteiger partial charge in [0.2, 0.25) is 5.91 Å². The fourth-order valence-corrected chi connectivity index (χ4v) is 5.07. The van der Waals surface area contributed by atoms with Crippen LogP contribution in [0.1, 0.15) is 31.0 Å². The topological polar surface area (TPSA) is 94.2 Å². The lowest BCUT2D eigenvalue weighted by atomic mass is 10.1. The number of hydrogen-bond donors (Lipinski definition) is 1. The Kier molecular flexibility index (Phi) is 8.82. The molecule has 9 heteroatoms. The highest BCUT2D eigenvalue weighted by Crippen LogP contribution is 2.30. The molecule has 0 aromatic heterocycles. The van der Waals surface area contributed by atoms with Crippen molar-refractivity contribution in [3.63, 3.8) is 0 Å². The molecule has 1 unspecified atom stereocenters. The van der Waals surface area contributed by atoms with Gasteiger partial charge in [-0.3, -0.25) is 9.10 Å². The minimum Gasteiger partial charge on any atom is -0.494 e. The summed E-state index contributed by atoms with van der Waals surface area (Å²) in [5.41, 5.74) is 2.08. The number of ether oxygens (including phenoxy) is 3. The molecular formula is C27H32N2O6S. The van der Waals surface area contributed by atoms with Crippen molar-refractivity contribution in [3.05, 3.63) is 77.9 Å². The molecule has 8 nitrogen and oxygen atoms in total. The molecule has 1 amide bonds. The first-order chi connectivity index (χ1) is 17.2. The minimum atomic E-state index is -4.02. The van der Waals surface area contributed by atoms with Gasteiger partial charge in [0.1, 0.15) is 12.3 Å². The Balaban J connectivity index is 1.88. The van der Waals surface area contributed by atoms with Gasteiger partial charge in [-0.1, -0.05) is 23.8 Å². The van der Waals surface area contributed by atoms with Crippen molar-refractivity contribution < 1.29 is 27.4 Å². The van der Waals surface area contributed by atoms with E-state index in [1.54, 1.807) is 55.6 Å². The zero-order valence-electron chi connectivity index (χ0n) is 21.1. The quantitative estimate of drug-likeness (QED) is 0.407. The SMILES string of the molecule is CCOc1ccc(N(CC(=O)NC(C)c2ccc(OC)c(OC)c2)S(=O)(=O)c2ccc(C)cc2)cc1. The third-order valence-corrected chi connectivity index (χ3v) is 7.41. The molecule has 1 N–H and O–H groups in total. The van der Waals surface area contributed by atoms with Crippen LogP contribution >= 0.6 is 0 Å². The Labute approximate surface area is 212 Å². The van der Waals surface area contributed by atoms with Crippen molar-refractivity contribution in [1.82, 2.24) is 5.32 Å². The Morgan fingerprint density at radius 3 is 2.17 bits per heavy atom. The lowest BCUT2D eigenvalue weighted by molar-refractivity contribution is -0.120. The lowest BCUT2D eigenvalue weighted by Crippen LogP contribution is -2.41. The normalized spacial score (nSPS) is 11.9. The standard InChI is InChI=1S/C27H32N2O6S/c1-6-35-23-12-10-22(11-13-23)29(36(31,32)24-14-7-19(2)8-15-24)18-27(30)28-20(3)21-9-16-25(33-4)26(17-21)34-5/h7-17,20H,6,18H2,1-5H3,(H,28,30). The summed E-state index contributed by atoms with van der Waals surface area (Å²) in [6.45, 7) is 5.65. The number of nitrogens with zero attached hydrogens (tertiary/aromatic N) is 1. The van der Waals surface area contributed by atoms with Gasteiger partial charge in [-0.25, -0.2) is 8.42 Å². The number of anilines is 1. The van der Waals surface area contributed by atoms with Gasteiger partial charge in [-0.05, 0) is 74.9 Å². The van der Waals surface area contributed by atoms with Crippen molar-refractivity contribution in [2.45, 2.75) is 31.7 Å². The van der Waals surface area contributed by atoms with Gasteiger partial charge in [0, 0.05) is 0 Å². The summed E-state index contributed by atoms with van der Waals surface area (Å²) in [5.74, 6) is 1.27. The van der Waals surface area contributed by atoms with E-state index in [9.17, 15) is 13.2 Å². The van der Waals surface area contributed by atoms with Crippen LogP contribution in [0.4, 0.5) is 5.69 Å². The molecule has 36 heavy (non-hydrogen) atoms. The number of benzene rings is 3. The molecule has 0 aliphatic rings. The molecule has 3 rings (SSSR count). The van der Waals surface area contributed by atoms with Gasteiger partial charge in [0.25, 0.3) is 10.0 Å². The minimum absolute atomic E-state index is 0.0997. The molecule has 0 heterocycles. The predicted molar refractivity (Wildman–Crippen MR) is 139 cm³/mol. The fraction of sp³-hybridized carbons (Fsp3) is 0.296. The summed E-state index contributed by atoms with van der Waals surface area (Å²) in [6.07, 6.45) is 0. The lowest BCUT2D eigenvalue weighted by Gasteiger charge is -2.25. The molecule has 0 saturated carbocycles. The van der Waals surface area contributed by atoms with Crippen molar-refractivity contribution in [1.29, 1.82) is 0 Å². The summed E-state index contributed by atoms with van der Waals surface area (Å²) in [7, 11) is -0.930. The molecular weight excluding hydrogens is 480 g/mol. The van der Waals surface area contributed by atoms with E-state index in [2.05, 4.69) is 5.32 Å². The maximum absolute atomic E-state index is 13.6. The highest BCUT2D eigenvalue weighted by molar-refractivity contribution is 7.92. The van der Waals surface area contributed by atoms with Gasteiger partial charge >= 0.3 is 0 Å². The second-order valence-electron chi connectivity index (χ2n) is 8.16. The Morgan fingerprint density at radius 1 is 0.944 bits per heavy atom. The zero-order chi connectivity index (χ0) is 26.3. The molecule has 0 bridgehead atoms. The van der Waals surface area contributed by atoms with Gasteiger partial charge in [0.15, 0.2) is 11.5 Å². The summed E-state index contributed by atoms with van der Waals surface area (Å²) >= 11 is 0.